The minimum Gasteiger partial charge on any atom is -0.456 e. The predicted octanol–water partition coefficient (Wildman–Crippen LogP) is 4.19. The summed E-state index contributed by atoms with van der Waals surface area (Å²) in [5.41, 5.74) is 2.56. The van der Waals surface area contributed by atoms with Crippen LogP contribution in [0.2, 0.25) is 0 Å². The second-order valence-corrected chi connectivity index (χ2v) is 7.68. The fraction of sp³-hybridized carbons (Fsp3) is 0.524. The van der Waals surface area contributed by atoms with Crippen molar-refractivity contribution >= 4 is 22.8 Å². The third kappa shape index (κ3) is 5.31. The van der Waals surface area contributed by atoms with Gasteiger partial charge in [0.25, 0.3) is 0 Å². The van der Waals surface area contributed by atoms with Gasteiger partial charge in [-0.25, -0.2) is 4.39 Å². The molecule has 1 aromatic heterocycles. The number of rotatable bonds is 6. The van der Waals surface area contributed by atoms with E-state index in [1.54, 1.807) is 6.07 Å². The first-order chi connectivity index (χ1) is 14.2. The molecule has 3 rings (SSSR count). The molecule has 2 atom stereocenters. The highest BCUT2D eigenvalue weighted by Crippen LogP contribution is 2.32. The Morgan fingerprint density at radius 3 is 2.60 bits per heavy atom. The summed E-state index contributed by atoms with van der Waals surface area (Å²) in [7, 11) is 0. The topological polar surface area (TPSA) is 71.2 Å². The summed E-state index contributed by atoms with van der Waals surface area (Å²) in [6.45, 7) is 0.486. The molecule has 0 saturated heterocycles. The van der Waals surface area contributed by atoms with Crippen molar-refractivity contribution in [3.8, 4) is 0 Å². The van der Waals surface area contributed by atoms with E-state index in [1.165, 1.54) is 12.1 Å². The highest BCUT2D eigenvalue weighted by molar-refractivity contribution is 5.86. The third-order valence-electron chi connectivity index (χ3n) is 5.54. The molecule has 0 aliphatic heterocycles. The number of aromatic amines is 1. The van der Waals surface area contributed by atoms with Gasteiger partial charge < -0.3 is 15.0 Å². The number of amides is 1. The van der Waals surface area contributed by atoms with Crippen molar-refractivity contribution in [3.05, 3.63) is 35.3 Å². The van der Waals surface area contributed by atoms with Gasteiger partial charge >= 0.3 is 12.1 Å². The lowest BCUT2D eigenvalue weighted by Gasteiger charge is -2.29. The Labute approximate surface area is 171 Å². The SMILES string of the molecule is Cc1[nH]c2ccc(F)cc2c1CCNC(=O)[C@@H]1CCCC[C@H]1C(=O)OCC(F)(F)F. The summed E-state index contributed by atoms with van der Waals surface area (Å²) < 4.78 is 54.9. The average molecular weight is 428 g/mol. The van der Waals surface area contributed by atoms with Gasteiger partial charge in [-0.2, -0.15) is 13.2 Å². The normalized spacial score (nSPS) is 19.6. The van der Waals surface area contributed by atoms with E-state index in [9.17, 15) is 27.2 Å². The van der Waals surface area contributed by atoms with E-state index in [2.05, 4.69) is 15.0 Å². The predicted molar refractivity (Wildman–Crippen MR) is 102 cm³/mol. The van der Waals surface area contributed by atoms with E-state index >= 15 is 0 Å². The van der Waals surface area contributed by atoms with Gasteiger partial charge in [-0.3, -0.25) is 9.59 Å². The van der Waals surface area contributed by atoms with Crippen LogP contribution in [-0.4, -0.2) is 36.2 Å². The molecule has 1 aromatic carbocycles. The van der Waals surface area contributed by atoms with Crippen molar-refractivity contribution in [1.82, 2.24) is 10.3 Å². The smallest absolute Gasteiger partial charge is 0.422 e. The van der Waals surface area contributed by atoms with Crippen LogP contribution in [-0.2, 0) is 20.7 Å². The van der Waals surface area contributed by atoms with Gasteiger partial charge in [-0.1, -0.05) is 12.8 Å². The Kier molecular flexibility index (Phi) is 6.67. The molecule has 1 fully saturated rings. The van der Waals surface area contributed by atoms with E-state index in [4.69, 9.17) is 0 Å². The zero-order valence-electron chi connectivity index (χ0n) is 16.6. The van der Waals surface area contributed by atoms with Crippen LogP contribution < -0.4 is 5.32 Å². The van der Waals surface area contributed by atoms with Crippen LogP contribution in [0.25, 0.3) is 10.9 Å². The molecular weight excluding hydrogens is 404 g/mol. The van der Waals surface area contributed by atoms with Crippen molar-refractivity contribution < 1.29 is 31.9 Å². The van der Waals surface area contributed by atoms with E-state index in [-0.39, 0.29) is 18.3 Å². The Morgan fingerprint density at radius 2 is 1.90 bits per heavy atom. The molecule has 1 aliphatic rings. The molecule has 164 valence electrons. The van der Waals surface area contributed by atoms with Crippen molar-refractivity contribution in [2.24, 2.45) is 11.8 Å². The summed E-state index contributed by atoms with van der Waals surface area (Å²) in [5.74, 6) is -3.28. The molecular formula is C21H24F4N2O3. The summed E-state index contributed by atoms with van der Waals surface area (Å²) in [6, 6.07) is 4.45. The number of halogens is 4. The lowest BCUT2D eigenvalue weighted by Crippen LogP contribution is -2.41. The average Bonchev–Trinajstić information content (AvgIpc) is 3.00. The third-order valence-corrected chi connectivity index (χ3v) is 5.54. The summed E-state index contributed by atoms with van der Waals surface area (Å²) in [5, 5.41) is 3.52. The highest BCUT2D eigenvalue weighted by Gasteiger charge is 2.38. The first-order valence-corrected chi connectivity index (χ1v) is 9.93. The Bertz CT molecular complexity index is 923. The van der Waals surface area contributed by atoms with Crippen LogP contribution >= 0.6 is 0 Å². The van der Waals surface area contributed by atoms with Gasteiger partial charge in [0.2, 0.25) is 5.91 Å². The number of esters is 1. The fourth-order valence-corrected chi connectivity index (χ4v) is 4.11. The number of nitrogens with one attached hydrogen (secondary N) is 2. The molecule has 0 unspecified atom stereocenters. The van der Waals surface area contributed by atoms with Crippen LogP contribution in [0.15, 0.2) is 18.2 Å². The van der Waals surface area contributed by atoms with Crippen LogP contribution in [0.5, 0.6) is 0 Å². The minimum absolute atomic E-state index is 0.268. The zero-order valence-corrected chi connectivity index (χ0v) is 16.6. The lowest BCUT2D eigenvalue weighted by molar-refractivity contribution is -0.191. The molecule has 0 bridgehead atoms. The van der Waals surface area contributed by atoms with E-state index in [0.29, 0.717) is 25.7 Å². The molecule has 1 aliphatic carbocycles. The van der Waals surface area contributed by atoms with Crippen LogP contribution in [0.1, 0.15) is 36.9 Å². The second kappa shape index (κ2) is 9.06. The zero-order chi connectivity index (χ0) is 21.9. The number of benzene rings is 1. The number of aryl methyl sites for hydroxylation is 1. The molecule has 2 N–H and O–H groups in total. The van der Waals surface area contributed by atoms with Gasteiger partial charge in [0, 0.05) is 23.1 Å². The monoisotopic (exact) mass is 428 g/mol. The number of hydrogen-bond acceptors (Lipinski definition) is 3. The molecule has 0 spiro atoms. The molecule has 2 aromatic rings. The Morgan fingerprint density at radius 1 is 1.20 bits per heavy atom. The molecule has 1 heterocycles. The van der Waals surface area contributed by atoms with Crippen molar-refractivity contribution in [2.75, 3.05) is 13.2 Å². The van der Waals surface area contributed by atoms with Gasteiger partial charge in [0.05, 0.1) is 11.8 Å². The molecule has 30 heavy (non-hydrogen) atoms. The second-order valence-electron chi connectivity index (χ2n) is 7.68. The molecule has 5 nitrogen and oxygen atoms in total. The quantitative estimate of drug-likeness (QED) is 0.536. The maximum atomic E-state index is 13.6. The Balaban J connectivity index is 1.60. The lowest BCUT2D eigenvalue weighted by atomic mass is 9.78. The summed E-state index contributed by atoms with van der Waals surface area (Å²) in [6.07, 6.45) is -2.00. The molecule has 1 amide bonds. The fourth-order valence-electron chi connectivity index (χ4n) is 4.11. The number of carbonyl (C=O) groups is 2. The van der Waals surface area contributed by atoms with Crippen LogP contribution in [0.4, 0.5) is 17.6 Å². The number of ether oxygens (including phenoxy) is 1. The van der Waals surface area contributed by atoms with Gasteiger partial charge in [-0.05, 0) is 49.9 Å². The largest absolute Gasteiger partial charge is 0.456 e. The molecule has 9 heteroatoms. The number of aromatic nitrogens is 1. The van der Waals surface area contributed by atoms with E-state index in [0.717, 1.165) is 28.6 Å². The standard InChI is InChI=1S/C21H24F4N2O3/c1-12-14(17-10-13(22)6-7-18(17)27-12)8-9-26-19(28)15-4-2-3-5-16(15)20(29)30-11-21(23,24)25/h6-7,10,15-16,27H,2-5,8-9,11H2,1H3,(H,26,28)/t15-,16-/m1/s1. The summed E-state index contributed by atoms with van der Waals surface area (Å²) in [4.78, 5) is 27.9. The molecule has 1 saturated carbocycles. The number of carbonyl (C=O) groups excluding carboxylic acids is 2. The van der Waals surface area contributed by atoms with Gasteiger partial charge in [-0.15, -0.1) is 0 Å². The summed E-state index contributed by atoms with van der Waals surface area (Å²) >= 11 is 0. The number of fused-ring (bicyclic) bond motifs is 1. The van der Waals surface area contributed by atoms with Crippen LogP contribution in [0, 0.1) is 24.6 Å². The van der Waals surface area contributed by atoms with Crippen molar-refractivity contribution in [3.63, 3.8) is 0 Å². The Hall–Kier alpha value is -2.58. The maximum absolute atomic E-state index is 13.6. The van der Waals surface area contributed by atoms with E-state index < -0.39 is 30.6 Å². The van der Waals surface area contributed by atoms with Gasteiger partial charge in [0.1, 0.15) is 5.82 Å². The first kappa shape index (κ1) is 22.1. The van der Waals surface area contributed by atoms with Gasteiger partial charge in [0.15, 0.2) is 6.61 Å². The highest BCUT2D eigenvalue weighted by atomic mass is 19.4. The van der Waals surface area contributed by atoms with Crippen molar-refractivity contribution in [2.45, 2.75) is 45.2 Å². The molecule has 0 radical (unpaired) electrons. The number of alkyl halides is 3. The van der Waals surface area contributed by atoms with Crippen molar-refractivity contribution in [1.29, 1.82) is 0 Å². The van der Waals surface area contributed by atoms with E-state index in [1.807, 2.05) is 6.92 Å². The maximum Gasteiger partial charge on any atom is 0.422 e. The first-order valence-electron chi connectivity index (χ1n) is 9.93. The minimum atomic E-state index is -4.60. The van der Waals surface area contributed by atoms with Crippen LogP contribution in [0.3, 0.4) is 0 Å². The number of H-pyrrole nitrogens is 1. The number of hydrogen-bond donors (Lipinski definition) is 2.